The van der Waals surface area contributed by atoms with Gasteiger partial charge >= 0.3 is 11.9 Å². The number of furan rings is 1. The number of ether oxygens (including phenoxy) is 2. The van der Waals surface area contributed by atoms with E-state index < -0.39 is 11.9 Å². The number of carbonyl (C=O) groups is 2. The van der Waals surface area contributed by atoms with Gasteiger partial charge in [-0.05, 0) is 69.3 Å². The molecule has 1 aliphatic heterocycles. The molecule has 4 aliphatic carbocycles. The van der Waals surface area contributed by atoms with Gasteiger partial charge < -0.3 is 13.9 Å². The number of carbonyl (C=O) groups excluding carboxylic acids is 2. The van der Waals surface area contributed by atoms with Gasteiger partial charge in [0, 0.05) is 11.5 Å². The van der Waals surface area contributed by atoms with Crippen molar-refractivity contribution in [3.63, 3.8) is 0 Å². The summed E-state index contributed by atoms with van der Waals surface area (Å²) >= 11 is 0. The Hall–Kier alpha value is -2.37. The Morgan fingerprint density at radius 3 is 2.44 bits per heavy atom. The molecule has 142 valence electrons. The molecule has 0 radical (unpaired) electrons. The van der Waals surface area contributed by atoms with Crippen LogP contribution in [0.4, 0.5) is 0 Å². The Morgan fingerprint density at radius 1 is 1.22 bits per heavy atom. The third-order valence-electron chi connectivity index (χ3n) is 6.73. The van der Waals surface area contributed by atoms with Crippen molar-refractivity contribution in [1.29, 1.82) is 0 Å². The minimum Gasteiger partial charge on any atom is -0.465 e. The Labute approximate surface area is 157 Å². The smallest absolute Gasteiger partial charge is 0.363 e. The number of methoxy groups -OCH3 is 1. The number of hydrogen-bond donors (Lipinski definition) is 0. The second kappa shape index (κ2) is 5.81. The van der Waals surface area contributed by atoms with Gasteiger partial charge in [-0.2, -0.15) is 0 Å². The summed E-state index contributed by atoms with van der Waals surface area (Å²) in [5.41, 5.74) is 0.530. The van der Waals surface area contributed by atoms with Crippen molar-refractivity contribution in [3.05, 3.63) is 28.8 Å². The average molecular weight is 369 g/mol. The van der Waals surface area contributed by atoms with E-state index in [1.807, 2.05) is 0 Å². The first kappa shape index (κ1) is 16.8. The lowest BCUT2D eigenvalue weighted by atomic mass is 9.49. The number of hydrogen-bond acceptors (Lipinski definition) is 6. The van der Waals surface area contributed by atoms with Crippen LogP contribution < -0.4 is 0 Å². The van der Waals surface area contributed by atoms with Crippen molar-refractivity contribution in [1.82, 2.24) is 0 Å². The fourth-order valence-corrected chi connectivity index (χ4v) is 6.03. The SMILES string of the molecule is COC(=O)c1cc(C=C2N=C(C34CC5CC(CC(C5)C3)C4)OC2=O)oc1C. The number of aliphatic imine (C=N–C) groups is 1. The van der Waals surface area contributed by atoms with Gasteiger partial charge in [-0.15, -0.1) is 0 Å². The first-order valence-electron chi connectivity index (χ1n) is 9.67. The lowest BCUT2D eigenvalue weighted by Crippen LogP contribution is -2.50. The average Bonchev–Trinajstić information content (AvgIpc) is 3.17. The second-order valence-electron chi connectivity index (χ2n) is 8.64. The van der Waals surface area contributed by atoms with E-state index in [2.05, 4.69) is 4.99 Å². The fourth-order valence-electron chi connectivity index (χ4n) is 6.03. The predicted octanol–water partition coefficient (Wildman–Crippen LogP) is 3.89. The largest absolute Gasteiger partial charge is 0.465 e. The van der Waals surface area contributed by atoms with Crippen LogP contribution in [-0.4, -0.2) is 24.9 Å². The van der Waals surface area contributed by atoms with Gasteiger partial charge in [-0.3, -0.25) is 0 Å². The lowest BCUT2D eigenvalue weighted by Gasteiger charge is -2.55. The summed E-state index contributed by atoms with van der Waals surface area (Å²) in [6.07, 6.45) is 8.79. The molecular weight excluding hydrogens is 346 g/mol. The maximum atomic E-state index is 12.4. The van der Waals surface area contributed by atoms with E-state index in [0.29, 0.717) is 23.0 Å². The summed E-state index contributed by atoms with van der Waals surface area (Å²) in [5.74, 6) is 2.81. The zero-order chi connectivity index (χ0) is 18.8. The van der Waals surface area contributed by atoms with Crippen LogP contribution in [0.25, 0.3) is 6.08 Å². The highest BCUT2D eigenvalue weighted by Crippen LogP contribution is 2.61. The van der Waals surface area contributed by atoms with E-state index in [4.69, 9.17) is 13.9 Å². The molecule has 0 saturated heterocycles. The summed E-state index contributed by atoms with van der Waals surface area (Å²) < 4.78 is 16.0. The van der Waals surface area contributed by atoms with Gasteiger partial charge in [0.2, 0.25) is 5.90 Å². The summed E-state index contributed by atoms with van der Waals surface area (Å²) in [4.78, 5) is 28.8. The summed E-state index contributed by atoms with van der Waals surface area (Å²) in [7, 11) is 1.32. The normalized spacial score (nSPS) is 35.5. The molecule has 27 heavy (non-hydrogen) atoms. The zero-order valence-electron chi connectivity index (χ0n) is 15.6. The van der Waals surface area contributed by atoms with Crippen LogP contribution in [0.1, 0.15) is 60.4 Å². The van der Waals surface area contributed by atoms with E-state index >= 15 is 0 Å². The molecular formula is C21H23NO5. The molecule has 6 heteroatoms. The van der Waals surface area contributed by atoms with Gasteiger partial charge in [0.25, 0.3) is 0 Å². The van der Waals surface area contributed by atoms with E-state index in [-0.39, 0.29) is 11.1 Å². The number of nitrogens with zero attached hydrogens (tertiary/aromatic N) is 1. The van der Waals surface area contributed by atoms with E-state index in [1.54, 1.807) is 19.1 Å². The molecule has 5 aliphatic rings. The van der Waals surface area contributed by atoms with Crippen molar-refractivity contribution in [2.75, 3.05) is 7.11 Å². The van der Waals surface area contributed by atoms with Crippen molar-refractivity contribution in [2.24, 2.45) is 28.2 Å². The van der Waals surface area contributed by atoms with Gasteiger partial charge in [0.1, 0.15) is 17.1 Å². The third-order valence-corrected chi connectivity index (χ3v) is 6.73. The topological polar surface area (TPSA) is 78.1 Å². The Balaban J connectivity index is 1.45. The molecule has 0 N–H and O–H groups in total. The molecule has 1 aromatic rings. The molecule has 1 aromatic heterocycles. The molecule has 0 amide bonds. The van der Waals surface area contributed by atoms with Crippen molar-refractivity contribution in [2.45, 2.75) is 45.4 Å². The standard InChI is InChI=1S/C21H23NO5/c1-11-16(18(23)25-2)6-15(26-11)7-17-19(24)27-20(22-17)21-8-12-3-13(9-21)5-14(4-12)10-21/h6-7,12-14H,3-5,8-10H2,1-2H3. The van der Waals surface area contributed by atoms with Gasteiger partial charge in [-0.1, -0.05) is 0 Å². The minimum absolute atomic E-state index is 0.0593. The minimum atomic E-state index is -0.465. The monoisotopic (exact) mass is 369 g/mol. The number of esters is 2. The molecule has 0 aromatic carbocycles. The fraction of sp³-hybridized carbons (Fsp3) is 0.571. The maximum absolute atomic E-state index is 12.4. The van der Waals surface area contributed by atoms with E-state index in [9.17, 15) is 9.59 Å². The highest BCUT2D eigenvalue weighted by molar-refractivity contribution is 6.09. The Kier molecular flexibility index (Phi) is 3.61. The molecule has 4 fully saturated rings. The highest BCUT2D eigenvalue weighted by atomic mass is 16.6. The quantitative estimate of drug-likeness (QED) is 0.597. The summed E-state index contributed by atoms with van der Waals surface area (Å²) in [6.45, 7) is 1.69. The molecule has 6 nitrogen and oxygen atoms in total. The van der Waals surface area contributed by atoms with Crippen molar-refractivity contribution >= 4 is 23.9 Å². The van der Waals surface area contributed by atoms with Crippen molar-refractivity contribution in [3.8, 4) is 0 Å². The van der Waals surface area contributed by atoms with Crippen LogP contribution in [-0.2, 0) is 14.3 Å². The van der Waals surface area contributed by atoms with Gasteiger partial charge in [-0.25, -0.2) is 14.6 Å². The van der Waals surface area contributed by atoms with E-state index in [0.717, 1.165) is 37.0 Å². The molecule has 4 saturated carbocycles. The first-order valence-corrected chi connectivity index (χ1v) is 9.67. The maximum Gasteiger partial charge on any atom is 0.363 e. The third kappa shape index (κ3) is 2.65. The van der Waals surface area contributed by atoms with Crippen LogP contribution in [0, 0.1) is 30.1 Å². The summed E-state index contributed by atoms with van der Waals surface area (Å²) in [6, 6.07) is 1.57. The van der Waals surface area contributed by atoms with Gasteiger partial charge in [0.05, 0.1) is 7.11 Å². The lowest BCUT2D eigenvalue weighted by molar-refractivity contribution is -0.131. The molecule has 0 spiro atoms. The van der Waals surface area contributed by atoms with Crippen molar-refractivity contribution < 1.29 is 23.5 Å². The molecule has 4 bridgehead atoms. The summed E-state index contributed by atoms with van der Waals surface area (Å²) in [5, 5.41) is 0. The van der Waals surface area contributed by atoms with Gasteiger partial charge in [0.15, 0.2) is 5.70 Å². The Bertz CT molecular complexity index is 855. The number of aryl methyl sites for hydroxylation is 1. The van der Waals surface area contributed by atoms with Crippen LogP contribution >= 0.6 is 0 Å². The second-order valence-corrected chi connectivity index (χ2v) is 8.64. The predicted molar refractivity (Wildman–Crippen MR) is 96.9 cm³/mol. The van der Waals surface area contributed by atoms with Crippen LogP contribution in [0.2, 0.25) is 0 Å². The first-order chi connectivity index (χ1) is 13.0. The Morgan fingerprint density at radius 2 is 1.85 bits per heavy atom. The number of rotatable bonds is 3. The molecule has 0 atom stereocenters. The van der Waals surface area contributed by atoms with E-state index in [1.165, 1.54) is 26.4 Å². The molecule has 0 unspecified atom stereocenters. The van der Waals surface area contributed by atoms with Crippen LogP contribution in [0.5, 0.6) is 0 Å². The number of cyclic esters (lactones) is 1. The van der Waals surface area contributed by atoms with Crippen LogP contribution in [0.15, 0.2) is 21.2 Å². The molecule has 6 rings (SSSR count). The van der Waals surface area contributed by atoms with Crippen LogP contribution in [0.3, 0.4) is 0 Å². The highest BCUT2D eigenvalue weighted by Gasteiger charge is 2.55. The molecule has 2 heterocycles. The zero-order valence-corrected chi connectivity index (χ0v) is 15.6.